The molecule has 0 bridgehead atoms. The number of hydrogen-bond acceptors (Lipinski definition) is 5. The van der Waals surface area contributed by atoms with E-state index >= 15 is 0 Å². The number of thiocarbonyl (C=S) groups is 1. The Balaban J connectivity index is 1.84. The molecule has 0 radical (unpaired) electrons. The van der Waals surface area contributed by atoms with Crippen molar-refractivity contribution in [1.29, 1.82) is 0 Å². The molecule has 0 amide bonds. The minimum Gasteiger partial charge on any atom is -0.389 e. The molecular weight excluding hydrogens is 326 g/mol. The monoisotopic (exact) mass is 339 g/mol. The highest BCUT2D eigenvalue weighted by molar-refractivity contribution is 7.93. The number of hydrogen-bond donors (Lipinski definition) is 2. The standard InChI is InChI=1S/C13H13N3O2S3/c14-12(19)8-4-6-9(7-5-8)21(17,18)16-13-15-10-2-1-3-11(10)20-13/h4-7H,1-3H2,(H2,14,19)(H,15,16). The molecule has 0 fully saturated rings. The van der Waals surface area contributed by atoms with Gasteiger partial charge in [-0.3, -0.25) is 4.72 Å². The number of nitrogens with zero attached hydrogens (tertiary/aromatic N) is 1. The van der Waals surface area contributed by atoms with Gasteiger partial charge < -0.3 is 5.73 Å². The van der Waals surface area contributed by atoms with Crippen LogP contribution in [0.15, 0.2) is 29.2 Å². The lowest BCUT2D eigenvalue weighted by molar-refractivity contribution is 0.601. The molecule has 3 N–H and O–H groups in total. The highest BCUT2D eigenvalue weighted by Crippen LogP contribution is 2.31. The largest absolute Gasteiger partial charge is 0.389 e. The van der Waals surface area contributed by atoms with E-state index in [0.717, 1.165) is 25.0 Å². The van der Waals surface area contributed by atoms with E-state index in [1.54, 1.807) is 12.1 Å². The van der Waals surface area contributed by atoms with Crippen LogP contribution in [0.3, 0.4) is 0 Å². The topological polar surface area (TPSA) is 85.1 Å². The van der Waals surface area contributed by atoms with Gasteiger partial charge in [0.25, 0.3) is 10.0 Å². The zero-order valence-electron chi connectivity index (χ0n) is 11.0. The molecule has 5 nitrogen and oxygen atoms in total. The molecule has 2 aromatic rings. The summed E-state index contributed by atoms with van der Waals surface area (Å²) in [5.41, 5.74) is 7.15. The van der Waals surface area contributed by atoms with Crippen molar-refractivity contribution in [2.75, 3.05) is 4.72 Å². The number of nitrogens with one attached hydrogen (secondary N) is 1. The van der Waals surface area contributed by atoms with Crippen LogP contribution in [-0.4, -0.2) is 18.4 Å². The van der Waals surface area contributed by atoms with Crippen molar-refractivity contribution >= 4 is 43.7 Å². The number of sulfonamides is 1. The van der Waals surface area contributed by atoms with E-state index in [-0.39, 0.29) is 9.88 Å². The Morgan fingerprint density at radius 2 is 2.00 bits per heavy atom. The highest BCUT2D eigenvalue weighted by atomic mass is 32.2. The van der Waals surface area contributed by atoms with Crippen molar-refractivity contribution in [3.8, 4) is 0 Å². The van der Waals surface area contributed by atoms with Gasteiger partial charge in [-0.25, -0.2) is 13.4 Å². The molecule has 0 saturated heterocycles. The Bertz CT molecular complexity index is 773. The molecule has 0 spiro atoms. The van der Waals surface area contributed by atoms with Crippen LogP contribution in [0.5, 0.6) is 0 Å². The van der Waals surface area contributed by atoms with E-state index in [1.807, 2.05) is 0 Å². The van der Waals surface area contributed by atoms with Crippen LogP contribution in [0.25, 0.3) is 0 Å². The first-order valence-electron chi connectivity index (χ1n) is 6.37. The second kappa shape index (κ2) is 5.36. The Morgan fingerprint density at radius 1 is 1.29 bits per heavy atom. The minimum absolute atomic E-state index is 0.165. The predicted octanol–water partition coefficient (Wildman–Crippen LogP) is 2.07. The molecule has 0 atom stereocenters. The van der Waals surface area contributed by atoms with Crippen LogP contribution >= 0.6 is 23.6 Å². The van der Waals surface area contributed by atoms with Crippen LogP contribution in [0.4, 0.5) is 5.13 Å². The Hall–Kier alpha value is -1.51. The quantitative estimate of drug-likeness (QED) is 0.833. The maximum Gasteiger partial charge on any atom is 0.263 e. The van der Waals surface area contributed by atoms with Crippen molar-refractivity contribution < 1.29 is 8.42 Å². The summed E-state index contributed by atoms with van der Waals surface area (Å²) in [6, 6.07) is 6.16. The summed E-state index contributed by atoms with van der Waals surface area (Å²) in [4.78, 5) is 5.92. The first kappa shape index (κ1) is 14.4. The van der Waals surface area contributed by atoms with Crippen molar-refractivity contribution in [2.24, 2.45) is 5.73 Å². The SMILES string of the molecule is NC(=S)c1ccc(S(=O)(=O)Nc2nc3c(s2)CCC3)cc1. The minimum atomic E-state index is -3.63. The number of thiazole rings is 1. The smallest absolute Gasteiger partial charge is 0.263 e. The van der Waals surface area contributed by atoms with Crippen LogP contribution in [-0.2, 0) is 22.9 Å². The summed E-state index contributed by atoms with van der Waals surface area (Å²) in [5, 5.41) is 0.429. The molecule has 110 valence electrons. The third-order valence-corrected chi connectivity index (χ3v) is 6.06. The molecular formula is C13H13N3O2S3. The van der Waals surface area contributed by atoms with Crippen LogP contribution in [0.2, 0.25) is 0 Å². The van der Waals surface area contributed by atoms with E-state index in [2.05, 4.69) is 9.71 Å². The van der Waals surface area contributed by atoms with Crippen molar-refractivity contribution in [3.05, 3.63) is 40.4 Å². The first-order valence-corrected chi connectivity index (χ1v) is 9.08. The van der Waals surface area contributed by atoms with Gasteiger partial charge in [-0.05, 0) is 31.4 Å². The third kappa shape index (κ3) is 2.92. The lowest BCUT2D eigenvalue weighted by Gasteiger charge is -2.06. The fourth-order valence-electron chi connectivity index (χ4n) is 2.21. The van der Waals surface area contributed by atoms with Gasteiger partial charge in [0.05, 0.1) is 10.6 Å². The Morgan fingerprint density at radius 3 is 2.62 bits per heavy atom. The Labute approximate surface area is 132 Å². The molecule has 1 heterocycles. The third-order valence-electron chi connectivity index (χ3n) is 3.27. The highest BCUT2D eigenvalue weighted by Gasteiger charge is 2.21. The molecule has 1 aromatic heterocycles. The summed E-state index contributed by atoms with van der Waals surface area (Å²) >= 11 is 6.25. The van der Waals surface area contributed by atoms with Gasteiger partial charge in [-0.15, -0.1) is 11.3 Å². The summed E-state index contributed by atoms with van der Waals surface area (Å²) in [6.45, 7) is 0. The number of aryl methyl sites for hydroxylation is 2. The average Bonchev–Trinajstić information content (AvgIpc) is 2.99. The fourth-order valence-corrected chi connectivity index (χ4v) is 4.63. The van der Waals surface area contributed by atoms with Crippen molar-refractivity contribution in [3.63, 3.8) is 0 Å². The molecule has 0 unspecified atom stereocenters. The molecule has 0 saturated carbocycles. The number of nitrogens with two attached hydrogens (primary N) is 1. The summed E-state index contributed by atoms with van der Waals surface area (Å²) < 4.78 is 27.1. The molecule has 1 aliphatic rings. The van der Waals surface area contributed by atoms with E-state index in [4.69, 9.17) is 18.0 Å². The average molecular weight is 339 g/mol. The van der Waals surface area contributed by atoms with Crippen molar-refractivity contribution in [1.82, 2.24) is 4.98 Å². The van der Waals surface area contributed by atoms with Gasteiger partial charge in [0, 0.05) is 10.4 Å². The van der Waals surface area contributed by atoms with Gasteiger partial charge in [0.1, 0.15) is 4.99 Å². The van der Waals surface area contributed by atoms with Gasteiger partial charge in [0.2, 0.25) is 0 Å². The van der Waals surface area contributed by atoms with Gasteiger partial charge in [-0.2, -0.15) is 0 Å². The van der Waals surface area contributed by atoms with Crippen LogP contribution < -0.4 is 10.5 Å². The molecule has 0 aliphatic heterocycles. The van der Waals surface area contributed by atoms with Gasteiger partial charge >= 0.3 is 0 Å². The number of aromatic nitrogens is 1. The van der Waals surface area contributed by atoms with Crippen LogP contribution in [0, 0.1) is 0 Å². The molecule has 1 aliphatic carbocycles. The molecule has 8 heteroatoms. The second-order valence-electron chi connectivity index (χ2n) is 4.74. The second-order valence-corrected chi connectivity index (χ2v) is 7.94. The fraction of sp³-hybridized carbons (Fsp3) is 0.231. The van der Waals surface area contributed by atoms with Crippen molar-refractivity contribution in [2.45, 2.75) is 24.2 Å². The van der Waals surface area contributed by atoms with Crippen LogP contribution in [0.1, 0.15) is 22.6 Å². The lowest BCUT2D eigenvalue weighted by Crippen LogP contribution is -2.14. The predicted molar refractivity (Wildman–Crippen MR) is 87.3 cm³/mol. The van der Waals surface area contributed by atoms with E-state index in [9.17, 15) is 8.42 Å². The number of rotatable bonds is 4. The summed E-state index contributed by atoms with van der Waals surface area (Å²) in [7, 11) is -3.63. The Kier molecular flexibility index (Phi) is 3.68. The maximum atomic E-state index is 12.3. The van der Waals surface area contributed by atoms with E-state index in [0.29, 0.717) is 10.7 Å². The zero-order valence-corrected chi connectivity index (χ0v) is 13.4. The normalized spacial score (nSPS) is 13.9. The first-order chi connectivity index (χ1) is 9.95. The molecule has 21 heavy (non-hydrogen) atoms. The molecule has 1 aromatic carbocycles. The zero-order chi connectivity index (χ0) is 15.0. The van der Waals surface area contributed by atoms with Gasteiger partial charge in [-0.1, -0.05) is 24.4 Å². The molecule has 3 rings (SSSR count). The van der Waals surface area contributed by atoms with Gasteiger partial charge in [0.15, 0.2) is 5.13 Å². The van der Waals surface area contributed by atoms with E-state index < -0.39 is 10.0 Å². The number of benzene rings is 1. The number of fused-ring (bicyclic) bond motifs is 1. The lowest BCUT2D eigenvalue weighted by atomic mass is 10.2. The summed E-state index contributed by atoms with van der Waals surface area (Å²) in [5.74, 6) is 0. The maximum absolute atomic E-state index is 12.3. The summed E-state index contributed by atoms with van der Waals surface area (Å²) in [6.07, 6.45) is 3.01. The van der Waals surface area contributed by atoms with E-state index in [1.165, 1.54) is 28.3 Å². The number of anilines is 1.